The van der Waals surface area contributed by atoms with Crippen LogP contribution in [0.4, 0.5) is 11.4 Å². The summed E-state index contributed by atoms with van der Waals surface area (Å²) in [5.41, 5.74) is 7.90. The summed E-state index contributed by atoms with van der Waals surface area (Å²) in [4.78, 5) is 12.1. The Morgan fingerprint density at radius 3 is 2.58 bits per heavy atom. The van der Waals surface area contributed by atoms with E-state index in [1.165, 1.54) is 0 Å². The minimum absolute atomic E-state index is 0.229. The second-order valence-electron chi connectivity index (χ2n) is 5.15. The number of nitrogens with one attached hydrogen (secondary N) is 1. The summed E-state index contributed by atoms with van der Waals surface area (Å²) >= 11 is 0. The number of aryl methyl sites for hydroxylation is 1. The van der Waals surface area contributed by atoms with Crippen molar-refractivity contribution in [3.05, 3.63) is 23.8 Å². The van der Waals surface area contributed by atoms with Gasteiger partial charge in [0, 0.05) is 27.9 Å². The zero-order valence-electron chi connectivity index (χ0n) is 11.9. The van der Waals surface area contributed by atoms with Gasteiger partial charge in [0.25, 0.3) is 0 Å². The maximum absolute atomic E-state index is 12.1. The molecule has 2 unspecified atom stereocenters. The van der Waals surface area contributed by atoms with Crippen LogP contribution in [0.15, 0.2) is 18.2 Å². The van der Waals surface area contributed by atoms with Crippen LogP contribution in [0.5, 0.6) is 0 Å². The highest BCUT2D eigenvalue weighted by molar-refractivity contribution is 7.86. The minimum Gasteiger partial charge on any atom is -0.399 e. The molecule has 0 bridgehead atoms. The van der Waals surface area contributed by atoms with Crippen LogP contribution in [-0.4, -0.2) is 21.1 Å². The number of hydrogen-bond donors (Lipinski definition) is 2. The van der Waals surface area contributed by atoms with Crippen LogP contribution in [0.2, 0.25) is 0 Å². The number of anilines is 2. The van der Waals surface area contributed by atoms with Crippen LogP contribution in [0.3, 0.4) is 0 Å². The summed E-state index contributed by atoms with van der Waals surface area (Å²) in [7, 11) is -1.15. The third kappa shape index (κ3) is 4.67. The van der Waals surface area contributed by atoms with Crippen molar-refractivity contribution < 1.29 is 9.00 Å². The Labute approximate surface area is 117 Å². The predicted octanol–water partition coefficient (Wildman–Crippen LogP) is 2.31. The van der Waals surface area contributed by atoms with E-state index < -0.39 is 16.0 Å². The Morgan fingerprint density at radius 1 is 1.37 bits per heavy atom. The summed E-state index contributed by atoms with van der Waals surface area (Å²) < 4.78 is 12.0. The molecule has 3 N–H and O–H groups in total. The molecule has 0 spiro atoms. The predicted molar refractivity (Wildman–Crippen MR) is 81.5 cm³/mol. The van der Waals surface area contributed by atoms with E-state index in [-0.39, 0.29) is 5.91 Å². The third-order valence-corrected chi connectivity index (χ3v) is 4.78. The number of nitrogen functional groups attached to an aromatic ring is 1. The highest BCUT2D eigenvalue weighted by Gasteiger charge is 2.21. The van der Waals surface area contributed by atoms with E-state index in [0.717, 1.165) is 5.56 Å². The van der Waals surface area contributed by atoms with Gasteiger partial charge in [-0.25, -0.2) is 0 Å². The van der Waals surface area contributed by atoms with Gasteiger partial charge in [0.2, 0.25) is 5.91 Å². The molecule has 19 heavy (non-hydrogen) atoms. The molecule has 0 fully saturated rings. The first kappa shape index (κ1) is 15.7. The van der Waals surface area contributed by atoms with Gasteiger partial charge in [0.05, 0.1) is 0 Å². The van der Waals surface area contributed by atoms with Crippen LogP contribution in [0.25, 0.3) is 0 Å². The number of benzene rings is 1. The largest absolute Gasteiger partial charge is 0.399 e. The van der Waals surface area contributed by atoms with E-state index in [1.54, 1.807) is 19.1 Å². The van der Waals surface area contributed by atoms with Crippen molar-refractivity contribution in [2.75, 3.05) is 16.8 Å². The summed E-state index contributed by atoms with van der Waals surface area (Å²) in [6, 6.07) is 5.34. The molecule has 0 radical (unpaired) electrons. The van der Waals surface area contributed by atoms with Gasteiger partial charge in [-0.15, -0.1) is 0 Å². The fourth-order valence-corrected chi connectivity index (χ4v) is 2.84. The first-order chi connectivity index (χ1) is 8.81. The van der Waals surface area contributed by atoms with E-state index in [9.17, 15) is 9.00 Å². The molecule has 0 aliphatic heterocycles. The molecule has 0 saturated carbocycles. The zero-order valence-corrected chi connectivity index (χ0v) is 12.7. The van der Waals surface area contributed by atoms with E-state index in [0.29, 0.717) is 23.0 Å². The Bertz CT molecular complexity index is 486. The molecular formula is C14H22N2O2S. The molecule has 0 heterocycles. The molecule has 4 nitrogen and oxygen atoms in total. The number of carbonyl (C=O) groups is 1. The van der Waals surface area contributed by atoms with Gasteiger partial charge < -0.3 is 11.1 Å². The Balaban J connectivity index is 2.74. The lowest BCUT2D eigenvalue weighted by Gasteiger charge is -2.15. The molecule has 106 valence electrons. The van der Waals surface area contributed by atoms with Crippen molar-refractivity contribution in [1.82, 2.24) is 0 Å². The van der Waals surface area contributed by atoms with Gasteiger partial charge in [-0.05, 0) is 37.5 Å². The van der Waals surface area contributed by atoms with Gasteiger partial charge in [-0.1, -0.05) is 19.9 Å². The normalized spacial score (nSPS) is 14.2. The standard InChI is InChI=1S/C14H22N2O2S/c1-9(2)8-19(18)11(4)14(17)16-13-7-12(15)6-5-10(13)3/h5-7,9,11H,8,15H2,1-4H3,(H,16,17). The molecule has 1 aromatic rings. The molecule has 1 aromatic carbocycles. The minimum atomic E-state index is -1.15. The smallest absolute Gasteiger partial charge is 0.239 e. The average molecular weight is 282 g/mol. The van der Waals surface area contributed by atoms with Gasteiger partial charge in [-0.3, -0.25) is 9.00 Å². The van der Waals surface area contributed by atoms with Crippen molar-refractivity contribution in [2.24, 2.45) is 5.92 Å². The van der Waals surface area contributed by atoms with Crippen molar-refractivity contribution >= 4 is 28.1 Å². The molecule has 1 amide bonds. The molecule has 0 aromatic heterocycles. The van der Waals surface area contributed by atoms with Crippen LogP contribution < -0.4 is 11.1 Å². The van der Waals surface area contributed by atoms with Gasteiger partial charge in [-0.2, -0.15) is 0 Å². The summed E-state index contributed by atoms with van der Waals surface area (Å²) in [5.74, 6) is 0.614. The Morgan fingerprint density at radius 2 is 2.00 bits per heavy atom. The summed E-state index contributed by atoms with van der Waals surface area (Å²) in [5, 5.41) is 2.27. The summed E-state index contributed by atoms with van der Waals surface area (Å²) in [6.07, 6.45) is 0. The van der Waals surface area contributed by atoms with E-state index >= 15 is 0 Å². The first-order valence-electron chi connectivity index (χ1n) is 6.35. The van der Waals surface area contributed by atoms with Gasteiger partial charge in [0.1, 0.15) is 5.25 Å². The molecular weight excluding hydrogens is 260 g/mol. The van der Waals surface area contributed by atoms with Gasteiger partial charge >= 0.3 is 0 Å². The lowest BCUT2D eigenvalue weighted by molar-refractivity contribution is -0.115. The Hall–Kier alpha value is -1.36. The lowest BCUT2D eigenvalue weighted by atomic mass is 10.2. The second kappa shape index (κ2) is 6.70. The topological polar surface area (TPSA) is 72.2 Å². The highest BCUT2D eigenvalue weighted by atomic mass is 32.2. The fourth-order valence-electron chi connectivity index (χ4n) is 1.60. The van der Waals surface area contributed by atoms with E-state index in [4.69, 9.17) is 5.73 Å². The summed E-state index contributed by atoms with van der Waals surface area (Å²) in [6.45, 7) is 7.56. The SMILES string of the molecule is Cc1ccc(N)cc1NC(=O)C(C)S(=O)CC(C)C. The number of amides is 1. The van der Waals surface area contributed by atoms with Gasteiger partial charge in [0.15, 0.2) is 0 Å². The average Bonchev–Trinajstić information content (AvgIpc) is 2.31. The Kier molecular flexibility index (Phi) is 5.54. The molecule has 0 aliphatic carbocycles. The second-order valence-corrected chi connectivity index (χ2v) is 6.95. The van der Waals surface area contributed by atoms with E-state index in [1.807, 2.05) is 26.8 Å². The highest BCUT2D eigenvalue weighted by Crippen LogP contribution is 2.18. The van der Waals surface area contributed by atoms with Crippen molar-refractivity contribution in [3.63, 3.8) is 0 Å². The molecule has 0 aliphatic rings. The molecule has 5 heteroatoms. The number of rotatable bonds is 5. The van der Waals surface area contributed by atoms with Crippen molar-refractivity contribution in [1.29, 1.82) is 0 Å². The monoisotopic (exact) mass is 282 g/mol. The maximum Gasteiger partial charge on any atom is 0.239 e. The number of hydrogen-bond acceptors (Lipinski definition) is 3. The lowest BCUT2D eigenvalue weighted by Crippen LogP contribution is -2.31. The quantitative estimate of drug-likeness (QED) is 0.814. The molecule has 1 rings (SSSR count). The maximum atomic E-state index is 12.1. The number of nitrogens with two attached hydrogens (primary N) is 1. The van der Waals surface area contributed by atoms with Crippen LogP contribution >= 0.6 is 0 Å². The number of carbonyl (C=O) groups excluding carboxylic acids is 1. The molecule has 0 saturated heterocycles. The first-order valence-corrected chi connectivity index (χ1v) is 7.73. The third-order valence-electron chi connectivity index (χ3n) is 2.78. The van der Waals surface area contributed by atoms with Crippen LogP contribution in [0.1, 0.15) is 26.3 Å². The zero-order chi connectivity index (χ0) is 14.6. The van der Waals surface area contributed by atoms with Crippen molar-refractivity contribution in [3.8, 4) is 0 Å². The van der Waals surface area contributed by atoms with E-state index in [2.05, 4.69) is 5.32 Å². The molecule has 2 atom stereocenters. The van der Waals surface area contributed by atoms with Crippen molar-refractivity contribution in [2.45, 2.75) is 32.9 Å². The fraction of sp³-hybridized carbons (Fsp3) is 0.500. The van der Waals surface area contributed by atoms with Crippen LogP contribution in [-0.2, 0) is 15.6 Å². The van der Waals surface area contributed by atoms with Crippen LogP contribution in [0, 0.1) is 12.8 Å².